The van der Waals surface area contributed by atoms with Crippen molar-refractivity contribution < 1.29 is 40.6 Å². The molecule has 0 saturated heterocycles. The van der Waals surface area contributed by atoms with Crippen LogP contribution in [0, 0.1) is 0 Å². The second-order valence-electron chi connectivity index (χ2n) is 3.52. The van der Waals surface area contributed by atoms with Crippen molar-refractivity contribution in [3.63, 3.8) is 0 Å². The van der Waals surface area contributed by atoms with Gasteiger partial charge in [-0.25, -0.2) is 9.78 Å². The summed E-state index contributed by atoms with van der Waals surface area (Å²) in [6.07, 6.45) is -11.3. The van der Waals surface area contributed by atoms with Gasteiger partial charge in [0.25, 0.3) is 0 Å². The van der Waals surface area contributed by atoms with Crippen molar-refractivity contribution in [2.75, 3.05) is 0 Å². The van der Waals surface area contributed by atoms with Gasteiger partial charge in [0, 0.05) is 12.3 Å². The number of esters is 1. The summed E-state index contributed by atoms with van der Waals surface area (Å²) < 4.78 is 79.3. The maximum atomic E-state index is 12.2. The molecule has 0 aliphatic heterocycles. The molecule has 0 bridgehead atoms. The number of pyridine rings is 1. The van der Waals surface area contributed by atoms with Gasteiger partial charge in [-0.3, -0.25) is 0 Å². The number of ether oxygens (including phenoxy) is 2. The highest BCUT2D eigenvalue weighted by atomic mass is 19.4. The number of carbonyl (C=O) groups excluding carboxylic acids is 1. The normalized spacial score (nSPS) is 13.8. The lowest BCUT2D eigenvalue weighted by atomic mass is 10.3. The number of rotatable bonds is 3. The van der Waals surface area contributed by atoms with Gasteiger partial charge in [0.2, 0.25) is 5.88 Å². The van der Waals surface area contributed by atoms with Crippen LogP contribution >= 0.6 is 0 Å². The SMILES string of the molecule is C[C@H](Oc1ccc(C(=O)OC(F)(F)F)cn1)C(F)(F)F. The lowest BCUT2D eigenvalue weighted by molar-refractivity contribution is -0.291. The van der Waals surface area contributed by atoms with Gasteiger partial charge < -0.3 is 9.47 Å². The standard InChI is InChI=1S/C10H7F6NO3/c1-5(9(11,12)13)19-7-3-2-6(4-17-7)8(18)20-10(14,15)16/h2-5H,1H3/t5-/m0/s1. The number of aromatic nitrogens is 1. The fourth-order valence-electron chi connectivity index (χ4n) is 0.983. The molecule has 1 rings (SSSR count). The summed E-state index contributed by atoms with van der Waals surface area (Å²) in [5.74, 6) is -2.21. The van der Waals surface area contributed by atoms with Crippen molar-refractivity contribution in [3.05, 3.63) is 23.9 Å². The zero-order chi connectivity index (χ0) is 15.6. The fraction of sp³-hybridized carbons (Fsp3) is 0.400. The molecule has 0 spiro atoms. The van der Waals surface area contributed by atoms with Gasteiger partial charge in [-0.1, -0.05) is 0 Å². The van der Waals surface area contributed by atoms with Crippen LogP contribution in [0.15, 0.2) is 18.3 Å². The highest BCUT2D eigenvalue weighted by Gasteiger charge is 2.38. The molecule has 0 radical (unpaired) electrons. The molecule has 1 aromatic rings. The second kappa shape index (κ2) is 5.55. The minimum Gasteiger partial charge on any atom is -0.465 e. The molecule has 0 N–H and O–H groups in total. The van der Waals surface area contributed by atoms with E-state index >= 15 is 0 Å². The molecule has 1 aromatic heterocycles. The van der Waals surface area contributed by atoms with Crippen molar-refractivity contribution in [2.45, 2.75) is 25.6 Å². The van der Waals surface area contributed by atoms with Gasteiger partial charge in [0.05, 0.1) is 5.56 Å². The van der Waals surface area contributed by atoms with Crippen LogP contribution in [0.2, 0.25) is 0 Å². The molecule has 112 valence electrons. The Hall–Kier alpha value is -2.00. The molecule has 20 heavy (non-hydrogen) atoms. The maximum absolute atomic E-state index is 12.2. The van der Waals surface area contributed by atoms with Gasteiger partial charge >= 0.3 is 18.5 Å². The number of hydrogen-bond donors (Lipinski definition) is 0. The Bertz CT molecular complexity index is 467. The summed E-state index contributed by atoms with van der Waals surface area (Å²) in [5.41, 5.74) is -0.575. The van der Waals surface area contributed by atoms with E-state index in [2.05, 4.69) is 14.5 Å². The van der Waals surface area contributed by atoms with E-state index in [1.807, 2.05) is 0 Å². The molecule has 0 aliphatic carbocycles. The van der Waals surface area contributed by atoms with Crippen LogP contribution in [0.25, 0.3) is 0 Å². The average Bonchev–Trinajstić information content (AvgIpc) is 2.26. The average molecular weight is 303 g/mol. The van der Waals surface area contributed by atoms with E-state index in [0.717, 1.165) is 19.1 Å². The number of halogens is 6. The molecule has 0 unspecified atom stereocenters. The van der Waals surface area contributed by atoms with Crippen LogP contribution in [0.1, 0.15) is 17.3 Å². The van der Waals surface area contributed by atoms with E-state index in [1.54, 1.807) is 0 Å². The van der Waals surface area contributed by atoms with Crippen molar-refractivity contribution in [1.29, 1.82) is 0 Å². The van der Waals surface area contributed by atoms with E-state index in [1.165, 1.54) is 0 Å². The lowest BCUT2D eigenvalue weighted by Gasteiger charge is -2.16. The zero-order valence-corrected chi connectivity index (χ0v) is 9.75. The van der Waals surface area contributed by atoms with Gasteiger partial charge in [-0.15, -0.1) is 13.2 Å². The first kappa shape index (κ1) is 16.1. The van der Waals surface area contributed by atoms with Gasteiger partial charge in [0.1, 0.15) is 0 Å². The third-order valence-corrected chi connectivity index (χ3v) is 1.94. The van der Waals surface area contributed by atoms with Gasteiger partial charge in [-0.2, -0.15) is 13.2 Å². The van der Waals surface area contributed by atoms with Crippen LogP contribution in [0.4, 0.5) is 26.3 Å². The summed E-state index contributed by atoms with van der Waals surface area (Å²) in [5, 5.41) is 0. The Morgan fingerprint density at radius 2 is 1.80 bits per heavy atom. The summed E-state index contributed by atoms with van der Waals surface area (Å²) in [6.45, 7) is 0.730. The minimum atomic E-state index is -5.16. The predicted molar refractivity (Wildman–Crippen MR) is 51.9 cm³/mol. The Labute approximate surface area is 108 Å². The monoisotopic (exact) mass is 303 g/mol. The molecule has 4 nitrogen and oxygen atoms in total. The first-order valence-corrected chi connectivity index (χ1v) is 4.98. The molecule has 1 atom stereocenters. The largest absolute Gasteiger partial charge is 0.575 e. The molecular formula is C10H7F6NO3. The van der Waals surface area contributed by atoms with E-state index in [0.29, 0.717) is 6.20 Å². The number of nitrogens with zero attached hydrogens (tertiary/aromatic N) is 1. The van der Waals surface area contributed by atoms with Crippen LogP contribution in [0.3, 0.4) is 0 Å². The highest BCUT2D eigenvalue weighted by Crippen LogP contribution is 2.24. The summed E-state index contributed by atoms with van der Waals surface area (Å²) >= 11 is 0. The smallest absolute Gasteiger partial charge is 0.465 e. The van der Waals surface area contributed by atoms with Crippen molar-refractivity contribution in [3.8, 4) is 5.88 Å². The van der Waals surface area contributed by atoms with Crippen LogP contribution in [-0.2, 0) is 4.74 Å². The number of carbonyl (C=O) groups is 1. The maximum Gasteiger partial charge on any atom is 0.575 e. The van der Waals surface area contributed by atoms with Crippen LogP contribution in [0.5, 0.6) is 5.88 Å². The Morgan fingerprint density at radius 3 is 2.20 bits per heavy atom. The van der Waals surface area contributed by atoms with Crippen molar-refractivity contribution in [1.82, 2.24) is 4.98 Å². The summed E-state index contributed by atoms with van der Waals surface area (Å²) in [7, 11) is 0. The number of alkyl halides is 6. The first-order chi connectivity index (χ1) is 8.99. The third-order valence-electron chi connectivity index (χ3n) is 1.94. The van der Waals surface area contributed by atoms with Crippen molar-refractivity contribution in [2.24, 2.45) is 0 Å². The third kappa shape index (κ3) is 4.94. The molecule has 0 aromatic carbocycles. The zero-order valence-electron chi connectivity index (χ0n) is 9.75. The highest BCUT2D eigenvalue weighted by molar-refractivity contribution is 5.89. The molecular weight excluding hydrogens is 296 g/mol. The van der Waals surface area contributed by atoms with Gasteiger partial charge in [-0.05, 0) is 13.0 Å². The fourth-order valence-corrected chi connectivity index (χ4v) is 0.983. The van der Waals surface area contributed by atoms with Gasteiger partial charge in [0.15, 0.2) is 6.10 Å². The minimum absolute atomic E-state index is 0.488. The quantitative estimate of drug-likeness (QED) is 0.636. The van der Waals surface area contributed by atoms with Crippen molar-refractivity contribution >= 4 is 5.97 Å². The molecule has 0 aliphatic rings. The second-order valence-corrected chi connectivity index (χ2v) is 3.52. The Kier molecular flexibility index (Phi) is 4.46. The van der Waals surface area contributed by atoms with Crippen LogP contribution < -0.4 is 4.74 Å². The topological polar surface area (TPSA) is 48.4 Å². The van der Waals surface area contributed by atoms with Crippen LogP contribution in [-0.4, -0.2) is 29.6 Å². The summed E-state index contributed by atoms with van der Waals surface area (Å²) in [4.78, 5) is 14.2. The van der Waals surface area contributed by atoms with E-state index in [-0.39, 0.29) is 0 Å². The molecule has 0 saturated carbocycles. The van der Waals surface area contributed by atoms with E-state index in [9.17, 15) is 31.1 Å². The Balaban J connectivity index is 2.72. The number of hydrogen-bond acceptors (Lipinski definition) is 4. The Morgan fingerprint density at radius 1 is 1.20 bits per heavy atom. The molecule has 0 fully saturated rings. The first-order valence-electron chi connectivity index (χ1n) is 4.98. The lowest BCUT2D eigenvalue weighted by Crippen LogP contribution is -2.31. The van der Waals surface area contributed by atoms with E-state index < -0.39 is 36.1 Å². The predicted octanol–water partition coefficient (Wildman–Crippen LogP) is 3.09. The molecule has 10 heteroatoms. The van der Waals surface area contributed by atoms with E-state index in [4.69, 9.17) is 0 Å². The molecule has 1 heterocycles. The molecule has 0 amide bonds. The summed E-state index contributed by atoms with van der Waals surface area (Å²) in [6, 6.07) is 1.63.